The van der Waals surface area contributed by atoms with Crippen molar-refractivity contribution in [1.82, 2.24) is 10.2 Å². The number of carbonyl (C=O) groups is 3. The first-order valence-electron chi connectivity index (χ1n) is 9.71. The van der Waals surface area contributed by atoms with E-state index in [2.05, 4.69) is 5.32 Å². The van der Waals surface area contributed by atoms with Crippen LogP contribution in [-0.2, 0) is 14.3 Å². The predicted octanol–water partition coefficient (Wildman–Crippen LogP) is 3.83. The van der Waals surface area contributed by atoms with E-state index in [0.717, 1.165) is 0 Å². The number of alkyl carbamates (subject to hydrolysis) is 1. The Balaban J connectivity index is 5.82. The van der Waals surface area contributed by atoms with Crippen LogP contribution in [0, 0.1) is 11.3 Å². The molecule has 0 aliphatic heterocycles. The van der Waals surface area contributed by atoms with Gasteiger partial charge in [-0.2, -0.15) is 0 Å². The van der Waals surface area contributed by atoms with E-state index in [9.17, 15) is 19.5 Å². The van der Waals surface area contributed by atoms with E-state index in [0.29, 0.717) is 6.42 Å². The Bertz CT molecular complexity index is 602. The average Bonchev–Trinajstić information content (AvgIpc) is 2.53. The molecular weight excluding hydrogens is 360 g/mol. The molecular formula is C21H38N2O5. The highest BCUT2D eigenvalue weighted by molar-refractivity contribution is 5.88. The van der Waals surface area contributed by atoms with Crippen LogP contribution in [0.4, 0.5) is 4.79 Å². The molecule has 0 rings (SSSR count). The lowest BCUT2D eigenvalue weighted by atomic mass is 9.80. The van der Waals surface area contributed by atoms with Gasteiger partial charge in [0, 0.05) is 12.6 Å². The van der Waals surface area contributed by atoms with E-state index in [4.69, 9.17) is 4.74 Å². The molecule has 0 aromatic heterocycles. The highest BCUT2D eigenvalue weighted by atomic mass is 16.6. The summed E-state index contributed by atoms with van der Waals surface area (Å²) in [5.41, 5.74) is -1.03. The SMILES string of the molecule is CCC(C)(C)[C@H](NC(=O)OC(C)(C)C)C(=O)N(C)[C@H](/C=C(\C)C(=O)O)C(C)C. The molecule has 7 heteroatoms. The molecule has 0 aliphatic rings. The molecule has 0 heterocycles. The van der Waals surface area contributed by atoms with Gasteiger partial charge in [-0.05, 0) is 45.4 Å². The number of aliphatic carboxylic acids is 1. The number of ether oxygens (including phenoxy) is 1. The van der Waals surface area contributed by atoms with E-state index in [1.54, 1.807) is 33.9 Å². The maximum Gasteiger partial charge on any atom is 0.408 e. The van der Waals surface area contributed by atoms with Crippen molar-refractivity contribution in [1.29, 1.82) is 0 Å². The van der Waals surface area contributed by atoms with Gasteiger partial charge in [-0.1, -0.05) is 40.7 Å². The summed E-state index contributed by atoms with van der Waals surface area (Å²) in [5, 5.41) is 11.9. The number of hydrogen-bond acceptors (Lipinski definition) is 4. The molecule has 0 aromatic rings. The number of amides is 2. The first-order valence-corrected chi connectivity index (χ1v) is 9.71. The number of likely N-dealkylation sites (N-methyl/N-ethyl adjacent to an activating group) is 1. The van der Waals surface area contributed by atoms with Gasteiger partial charge in [0.2, 0.25) is 5.91 Å². The molecule has 0 unspecified atom stereocenters. The van der Waals surface area contributed by atoms with Crippen LogP contribution in [0.25, 0.3) is 0 Å². The summed E-state index contributed by atoms with van der Waals surface area (Å²) in [6, 6.07) is -1.23. The average molecular weight is 399 g/mol. The number of hydrogen-bond donors (Lipinski definition) is 2. The van der Waals surface area contributed by atoms with Crippen molar-refractivity contribution in [3.63, 3.8) is 0 Å². The second-order valence-corrected chi connectivity index (χ2v) is 9.26. The van der Waals surface area contributed by atoms with Gasteiger partial charge in [0.05, 0.1) is 6.04 Å². The van der Waals surface area contributed by atoms with E-state index in [-0.39, 0.29) is 17.4 Å². The van der Waals surface area contributed by atoms with Crippen LogP contribution >= 0.6 is 0 Å². The second kappa shape index (κ2) is 9.94. The van der Waals surface area contributed by atoms with Gasteiger partial charge in [-0.15, -0.1) is 0 Å². The van der Waals surface area contributed by atoms with E-state index in [1.165, 1.54) is 11.8 Å². The van der Waals surface area contributed by atoms with Crippen LogP contribution in [0.15, 0.2) is 11.6 Å². The van der Waals surface area contributed by atoms with Crippen molar-refractivity contribution in [3.05, 3.63) is 11.6 Å². The molecule has 0 saturated heterocycles. The van der Waals surface area contributed by atoms with Gasteiger partial charge in [-0.25, -0.2) is 9.59 Å². The molecule has 0 bridgehead atoms. The van der Waals surface area contributed by atoms with E-state index < -0.39 is 35.2 Å². The van der Waals surface area contributed by atoms with Crippen LogP contribution in [-0.4, -0.2) is 52.7 Å². The van der Waals surface area contributed by atoms with Crippen molar-refractivity contribution in [2.75, 3.05) is 7.05 Å². The summed E-state index contributed by atoms with van der Waals surface area (Å²) in [5.74, 6) is -1.31. The number of nitrogens with one attached hydrogen (secondary N) is 1. The van der Waals surface area contributed by atoms with Gasteiger partial charge < -0.3 is 20.1 Å². The smallest absolute Gasteiger partial charge is 0.408 e. The normalized spacial score (nSPS) is 15.0. The van der Waals surface area contributed by atoms with Crippen molar-refractivity contribution < 1.29 is 24.2 Å². The highest BCUT2D eigenvalue weighted by Gasteiger charge is 2.39. The first-order chi connectivity index (χ1) is 12.5. The van der Waals surface area contributed by atoms with Crippen molar-refractivity contribution in [2.45, 2.75) is 86.4 Å². The number of carbonyl (C=O) groups excluding carboxylic acids is 2. The molecule has 2 atom stereocenters. The zero-order valence-corrected chi connectivity index (χ0v) is 19.0. The van der Waals surface area contributed by atoms with Crippen LogP contribution in [0.2, 0.25) is 0 Å². The minimum absolute atomic E-state index is 0.00448. The number of rotatable bonds is 8. The summed E-state index contributed by atoms with van der Waals surface area (Å²) in [7, 11) is 1.63. The fourth-order valence-corrected chi connectivity index (χ4v) is 2.65. The number of nitrogens with zero attached hydrogens (tertiary/aromatic N) is 1. The quantitative estimate of drug-likeness (QED) is 0.606. The Kier molecular flexibility index (Phi) is 9.21. The van der Waals surface area contributed by atoms with Gasteiger partial charge in [0.1, 0.15) is 11.6 Å². The third-order valence-corrected chi connectivity index (χ3v) is 4.84. The third kappa shape index (κ3) is 7.90. The van der Waals surface area contributed by atoms with Crippen molar-refractivity contribution >= 4 is 18.0 Å². The molecule has 28 heavy (non-hydrogen) atoms. The summed E-state index contributed by atoms with van der Waals surface area (Å²) in [6.45, 7) is 16.4. The fourth-order valence-electron chi connectivity index (χ4n) is 2.65. The van der Waals surface area contributed by atoms with Crippen molar-refractivity contribution in [2.24, 2.45) is 11.3 Å². The summed E-state index contributed by atoms with van der Waals surface area (Å²) in [4.78, 5) is 38.4. The molecule has 0 aliphatic carbocycles. The molecule has 0 saturated carbocycles. The van der Waals surface area contributed by atoms with Crippen LogP contribution < -0.4 is 5.32 Å². The minimum atomic E-state index is -1.02. The maximum atomic E-state index is 13.3. The zero-order valence-electron chi connectivity index (χ0n) is 19.0. The molecule has 0 aromatic carbocycles. The van der Waals surface area contributed by atoms with Gasteiger partial charge >= 0.3 is 12.1 Å². The Morgan fingerprint density at radius 2 is 1.64 bits per heavy atom. The van der Waals surface area contributed by atoms with Crippen LogP contribution in [0.3, 0.4) is 0 Å². The lowest BCUT2D eigenvalue weighted by Crippen LogP contribution is -2.57. The fraction of sp³-hybridized carbons (Fsp3) is 0.762. The van der Waals surface area contributed by atoms with Crippen molar-refractivity contribution in [3.8, 4) is 0 Å². The summed E-state index contributed by atoms with van der Waals surface area (Å²) >= 11 is 0. The van der Waals surface area contributed by atoms with E-state index >= 15 is 0 Å². The largest absolute Gasteiger partial charge is 0.478 e. The minimum Gasteiger partial charge on any atom is -0.478 e. The lowest BCUT2D eigenvalue weighted by molar-refractivity contribution is -0.137. The topological polar surface area (TPSA) is 95.9 Å². The Hall–Kier alpha value is -2.05. The lowest BCUT2D eigenvalue weighted by Gasteiger charge is -2.38. The van der Waals surface area contributed by atoms with Gasteiger partial charge in [-0.3, -0.25) is 4.79 Å². The highest BCUT2D eigenvalue weighted by Crippen LogP contribution is 2.28. The molecule has 0 fully saturated rings. The molecule has 2 N–H and O–H groups in total. The molecule has 0 spiro atoms. The van der Waals surface area contributed by atoms with Crippen LogP contribution in [0.5, 0.6) is 0 Å². The van der Waals surface area contributed by atoms with Crippen LogP contribution in [0.1, 0.15) is 68.7 Å². The molecule has 0 radical (unpaired) electrons. The molecule has 2 amide bonds. The Morgan fingerprint density at radius 3 is 2.00 bits per heavy atom. The van der Waals surface area contributed by atoms with Gasteiger partial charge in [0.25, 0.3) is 0 Å². The number of carboxylic acid groups (broad SMARTS) is 1. The predicted molar refractivity (Wildman–Crippen MR) is 110 cm³/mol. The molecule has 7 nitrogen and oxygen atoms in total. The Morgan fingerprint density at radius 1 is 1.14 bits per heavy atom. The summed E-state index contributed by atoms with van der Waals surface area (Å²) in [6.07, 6.45) is 1.58. The summed E-state index contributed by atoms with van der Waals surface area (Å²) < 4.78 is 5.33. The van der Waals surface area contributed by atoms with Gasteiger partial charge in [0.15, 0.2) is 0 Å². The molecule has 162 valence electrons. The number of carboxylic acids is 1. The Labute approximate surface area is 169 Å². The monoisotopic (exact) mass is 398 g/mol. The second-order valence-electron chi connectivity index (χ2n) is 9.26. The first kappa shape index (κ1) is 26.0. The standard InChI is InChI=1S/C21H38N2O5/c1-11-21(8,9)16(22-19(27)28-20(5,6)7)17(24)23(10)15(13(2)3)12-14(4)18(25)26/h12-13,15-16H,11H2,1-10H3,(H,22,27)(H,25,26)/b14-12+/t15-,16-/m1/s1. The maximum absolute atomic E-state index is 13.3. The zero-order chi connectivity index (χ0) is 22.4. The third-order valence-electron chi connectivity index (χ3n) is 4.84. The van der Waals surface area contributed by atoms with E-state index in [1.807, 2.05) is 34.6 Å².